The number of carbonyl (C=O) groups is 1. The van der Waals surface area contributed by atoms with Gasteiger partial charge in [-0.1, -0.05) is 32.0 Å². The van der Waals surface area contributed by atoms with Gasteiger partial charge in [-0.05, 0) is 42.7 Å². The first-order chi connectivity index (χ1) is 9.61. The van der Waals surface area contributed by atoms with Crippen molar-refractivity contribution in [1.82, 2.24) is 0 Å². The summed E-state index contributed by atoms with van der Waals surface area (Å²) in [6, 6.07) is 8.25. The van der Waals surface area contributed by atoms with Crippen LogP contribution in [0.4, 0.5) is 5.69 Å². The van der Waals surface area contributed by atoms with Gasteiger partial charge in [-0.2, -0.15) is 0 Å². The van der Waals surface area contributed by atoms with Gasteiger partial charge in [-0.3, -0.25) is 9.79 Å². The number of esters is 1. The number of rotatable bonds is 4. The maximum absolute atomic E-state index is 11.5. The standard InChI is InChI=1S/C17H23NO2/c1-12(2)15-6-4-5-7-16(15)18-11-13-8-9-14(10-13)17(19)20-3/h4-7,11-14H,8-10H2,1-3H3/b18-11-/t13?,14-/m0/s1. The van der Waals surface area contributed by atoms with E-state index in [1.165, 1.54) is 12.7 Å². The second-order valence-corrected chi connectivity index (χ2v) is 5.78. The Balaban J connectivity index is 2.03. The van der Waals surface area contributed by atoms with Crippen LogP contribution in [-0.2, 0) is 9.53 Å². The molecule has 0 amide bonds. The third kappa shape index (κ3) is 3.47. The molecule has 2 atom stereocenters. The molecule has 20 heavy (non-hydrogen) atoms. The van der Waals surface area contributed by atoms with Crippen LogP contribution in [0.2, 0.25) is 0 Å². The molecule has 1 fully saturated rings. The van der Waals surface area contributed by atoms with Gasteiger partial charge in [0.1, 0.15) is 0 Å². The third-order valence-electron chi connectivity index (χ3n) is 3.99. The zero-order chi connectivity index (χ0) is 14.5. The van der Waals surface area contributed by atoms with Crippen LogP contribution < -0.4 is 0 Å². The van der Waals surface area contributed by atoms with Crippen LogP contribution in [0.15, 0.2) is 29.3 Å². The van der Waals surface area contributed by atoms with E-state index in [2.05, 4.69) is 37.0 Å². The van der Waals surface area contributed by atoms with Gasteiger partial charge in [0.2, 0.25) is 0 Å². The van der Waals surface area contributed by atoms with Crippen LogP contribution in [0, 0.1) is 11.8 Å². The van der Waals surface area contributed by atoms with Gasteiger partial charge in [0, 0.05) is 6.21 Å². The lowest BCUT2D eigenvalue weighted by Gasteiger charge is -2.09. The summed E-state index contributed by atoms with van der Waals surface area (Å²) in [7, 11) is 1.46. The molecule has 0 radical (unpaired) electrons. The molecule has 0 aliphatic heterocycles. The molecule has 1 aliphatic carbocycles. The zero-order valence-corrected chi connectivity index (χ0v) is 12.5. The molecule has 0 bridgehead atoms. The van der Waals surface area contributed by atoms with Crippen molar-refractivity contribution in [3.8, 4) is 0 Å². The molecular formula is C17H23NO2. The second kappa shape index (κ2) is 6.69. The quantitative estimate of drug-likeness (QED) is 0.612. The van der Waals surface area contributed by atoms with Crippen molar-refractivity contribution in [1.29, 1.82) is 0 Å². The number of carbonyl (C=O) groups excluding carboxylic acids is 1. The summed E-state index contributed by atoms with van der Waals surface area (Å²) >= 11 is 0. The first kappa shape index (κ1) is 14.8. The molecule has 1 aliphatic rings. The van der Waals surface area contributed by atoms with Crippen molar-refractivity contribution in [2.75, 3.05) is 7.11 Å². The zero-order valence-electron chi connectivity index (χ0n) is 12.5. The van der Waals surface area contributed by atoms with Gasteiger partial charge in [0.15, 0.2) is 0 Å². The Morgan fingerprint density at radius 1 is 1.35 bits per heavy atom. The van der Waals surface area contributed by atoms with E-state index in [0.29, 0.717) is 11.8 Å². The topological polar surface area (TPSA) is 38.7 Å². The minimum absolute atomic E-state index is 0.0526. The maximum Gasteiger partial charge on any atom is 0.308 e. The molecule has 0 N–H and O–H groups in total. The summed E-state index contributed by atoms with van der Waals surface area (Å²) in [6.45, 7) is 4.36. The second-order valence-electron chi connectivity index (χ2n) is 5.78. The van der Waals surface area contributed by atoms with Gasteiger partial charge >= 0.3 is 5.97 Å². The van der Waals surface area contributed by atoms with E-state index in [1.807, 2.05) is 12.3 Å². The van der Waals surface area contributed by atoms with E-state index in [4.69, 9.17) is 4.74 Å². The van der Waals surface area contributed by atoms with E-state index >= 15 is 0 Å². The highest BCUT2D eigenvalue weighted by molar-refractivity contribution is 5.75. The normalized spacial score (nSPS) is 22.6. The number of hydrogen-bond donors (Lipinski definition) is 0. The highest BCUT2D eigenvalue weighted by Gasteiger charge is 2.29. The van der Waals surface area contributed by atoms with E-state index in [0.717, 1.165) is 24.9 Å². The molecule has 0 spiro atoms. The van der Waals surface area contributed by atoms with E-state index in [1.54, 1.807) is 0 Å². The lowest BCUT2D eigenvalue weighted by Crippen LogP contribution is -2.13. The SMILES string of the molecule is COC(=O)[C@H]1CCC(/C=N\c2ccccc2C(C)C)C1. The molecular weight excluding hydrogens is 250 g/mol. The maximum atomic E-state index is 11.5. The number of para-hydroxylation sites is 1. The third-order valence-corrected chi connectivity index (χ3v) is 3.99. The minimum atomic E-state index is -0.0801. The van der Waals surface area contributed by atoms with Gasteiger partial charge in [0.25, 0.3) is 0 Å². The minimum Gasteiger partial charge on any atom is -0.469 e. The van der Waals surface area contributed by atoms with Crippen molar-refractivity contribution < 1.29 is 9.53 Å². The molecule has 3 heteroatoms. The first-order valence-corrected chi connectivity index (χ1v) is 7.32. The van der Waals surface area contributed by atoms with Gasteiger partial charge in [-0.15, -0.1) is 0 Å². The fraction of sp³-hybridized carbons (Fsp3) is 0.529. The Bertz CT molecular complexity index is 494. The Morgan fingerprint density at radius 2 is 2.10 bits per heavy atom. The summed E-state index contributed by atoms with van der Waals surface area (Å²) in [5, 5.41) is 0. The van der Waals surface area contributed by atoms with Crippen molar-refractivity contribution in [3.63, 3.8) is 0 Å². The summed E-state index contributed by atoms with van der Waals surface area (Å²) in [6.07, 6.45) is 4.81. The molecule has 1 aromatic rings. The molecule has 3 nitrogen and oxygen atoms in total. The predicted octanol–water partition coefficient (Wildman–Crippen LogP) is 4.10. The van der Waals surface area contributed by atoms with Crippen LogP contribution in [-0.4, -0.2) is 19.3 Å². The number of nitrogens with zero attached hydrogens (tertiary/aromatic N) is 1. The molecule has 0 aromatic heterocycles. The number of methoxy groups -OCH3 is 1. The van der Waals surface area contributed by atoms with Crippen LogP contribution >= 0.6 is 0 Å². The van der Waals surface area contributed by atoms with E-state index < -0.39 is 0 Å². The Hall–Kier alpha value is -1.64. The first-order valence-electron chi connectivity index (χ1n) is 7.32. The van der Waals surface area contributed by atoms with Crippen molar-refractivity contribution in [2.45, 2.75) is 39.0 Å². The van der Waals surface area contributed by atoms with Crippen molar-refractivity contribution in [2.24, 2.45) is 16.8 Å². The van der Waals surface area contributed by atoms with Crippen molar-refractivity contribution >= 4 is 17.9 Å². The van der Waals surface area contributed by atoms with Crippen LogP contribution in [0.5, 0.6) is 0 Å². The fourth-order valence-electron chi connectivity index (χ4n) is 2.81. The average Bonchev–Trinajstić information content (AvgIpc) is 2.93. The molecule has 2 rings (SSSR count). The monoisotopic (exact) mass is 273 g/mol. The van der Waals surface area contributed by atoms with Crippen LogP contribution in [0.25, 0.3) is 0 Å². The Labute approximate surface area is 121 Å². The molecule has 0 heterocycles. The van der Waals surface area contributed by atoms with Gasteiger partial charge in [0.05, 0.1) is 18.7 Å². The van der Waals surface area contributed by atoms with Crippen LogP contribution in [0.1, 0.15) is 44.6 Å². The molecule has 1 aromatic carbocycles. The highest BCUT2D eigenvalue weighted by atomic mass is 16.5. The Kier molecular flexibility index (Phi) is 4.94. The number of aliphatic imine (C=N–C) groups is 1. The number of benzene rings is 1. The van der Waals surface area contributed by atoms with E-state index in [9.17, 15) is 4.79 Å². The highest BCUT2D eigenvalue weighted by Crippen LogP contribution is 2.32. The average molecular weight is 273 g/mol. The van der Waals surface area contributed by atoms with Gasteiger partial charge < -0.3 is 4.74 Å². The lowest BCUT2D eigenvalue weighted by atomic mass is 10.0. The summed E-state index contributed by atoms with van der Waals surface area (Å²) in [5.41, 5.74) is 2.32. The lowest BCUT2D eigenvalue weighted by molar-refractivity contribution is -0.145. The van der Waals surface area contributed by atoms with Crippen LogP contribution in [0.3, 0.4) is 0 Å². The summed E-state index contributed by atoms with van der Waals surface area (Å²) in [5.74, 6) is 0.828. The smallest absolute Gasteiger partial charge is 0.308 e. The molecule has 1 unspecified atom stereocenters. The number of ether oxygens (including phenoxy) is 1. The Morgan fingerprint density at radius 3 is 2.80 bits per heavy atom. The fourth-order valence-corrected chi connectivity index (χ4v) is 2.81. The molecule has 108 valence electrons. The summed E-state index contributed by atoms with van der Waals surface area (Å²) < 4.78 is 4.81. The molecule has 0 saturated heterocycles. The predicted molar refractivity (Wildman–Crippen MR) is 81.5 cm³/mol. The van der Waals surface area contributed by atoms with Crippen molar-refractivity contribution in [3.05, 3.63) is 29.8 Å². The largest absolute Gasteiger partial charge is 0.469 e. The summed E-state index contributed by atoms with van der Waals surface area (Å²) in [4.78, 5) is 16.2. The van der Waals surface area contributed by atoms with E-state index in [-0.39, 0.29) is 11.9 Å². The van der Waals surface area contributed by atoms with Gasteiger partial charge in [-0.25, -0.2) is 0 Å². The molecule has 1 saturated carbocycles. The number of hydrogen-bond acceptors (Lipinski definition) is 3.